The summed E-state index contributed by atoms with van der Waals surface area (Å²) in [6.45, 7) is 1.44. The lowest BCUT2D eigenvalue weighted by Gasteiger charge is -2.10. The van der Waals surface area contributed by atoms with Gasteiger partial charge < -0.3 is 10.1 Å². The Bertz CT molecular complexity index is 717. The lowest BCUT2D eigenvalue weighted by Crippen LogP contribution is -2.33. The Hall–Kier alpha value is -2.22. The summed E-state index contributed by atoms with van der Waals surface area (Å²) < 4.78 is 20.3. The van der Waals surface area contributed by atoms with Crippen LogP contribution in [0, 0.1) is 5.82 Å². The third kappa shape index (κ3) is 3.33. The summed E-state index contributed by atoms with van der Waals surface area (Å²) in [5.41, 5.74) is 0.153. The molecule has 0 aliphatic carbocycles. The van der Waals surface area contributed by atoms with Crippen LogP contribution in [-0.4, -0.2) is 34.8 Å². The first kappa shape index (κ1) is 16.2. The maximum atomic E-state index is 13.7. The number of rotatable bonds is 4. The molecule has 1 amide bonds. The van der Waals surface area contributed by atoms with Crippen LogP contribution < -0.4 is 5.32 Å². The van der Waals surface area contributed by atoms with Crippen LogP contribution in [0.4, 0.5) is 4.39 Å². The number of benzene rings is 1. The fourth-order valence-corrected chi connectivity index (χ4v) is 2.16. The Morgan fingerprint density at radius 2 is 2.09 bits per heavy atom. The van der Waals surface area contributed by atoms with E-state index in [2.05, 4.69) is 26.3 Å². The molecule has 22 heavy (non-hydrogen) atoms. The lowest BCUT2D eigenvalue weighted by molar-refractivity contribution is -0.128. The molecule has 8 heteroatoms. The summed E-state index contributed by atoms with van der Waals surface area (Å²) in [7, 11) is 1.44. The van der Waals surface area contributed by atoms with Crippen molar-refractivity contribution < 1.29 is 18.7 Å². The van der Waals surface area contributed by atoms with Gasteiger partial charge >= 0.3 is 5.97 Å². The van der Waals surface area contributed by atoms with Gasteiger partial charge in [-0.1, -0.05) is 12.1 Å². The van der Waals surface area contributed by atoms with Gasteiger partial charge in [-0.2, -0.15) is 5.10 Å². The van der Waals surface area contributed by atoms with Crippen LogP contribution in [0.25, 0.3) is 5.69 Å². The van der Waals surface area contributed by atoms with Crippen LogP contribution in [-0.2, 0) is 9.53 Å². The van der Waals surface area contributed by atoms with Crippen LogP contribution in [0.3, 0.4) is 0 Å². The van der Waals surface area contributed by atoms with Crippen LogP contribution in [0.1, 0.15) is 17.4 Å². The maximum Gasteiger partial charge on any atom is 0.360 e. The minimum atomic E-state index is -0.956. The minimum absolute atomic E-state index is 0.0426. The van der Waals surface area contributed by atoms with E-state index >= 15 is 0 Å². The Kier molecular flexibility index (Phi) is 4.92. The van der Waals surface area contributed by atoms with Crippen LogP contribution in [0.2, 0.25) is 0 Å². The second-order valence-electron chi connectivity index (χ2n) is 4.38. The van der Waals surface area contributed by atoms with E-state index < -0.39 is 23.8 Å². The summed E-state index contributed by atoms with van der Waals surface area (Å²) >= 11 is 3.18. The van der Waals surface area contributed by atoms with E-state index in [0.717, 1.165) is 0 Å². The van der Waals surface area contributed by atoms with E-state index in [1.54, 1.807) is 12.1 Å². The van der Waals surface area contributed by atoms with Crippen molar-refractivity contribution >= 4 is 27.8 Å². The zero-order valence-electron chi connectivity index (χ0n) is 11.8. The van der Waals surface area contributed by atoms with Gasteiger partial charge in [-0.15, -0.1) is 0 Å². The monoisotopic (exact) mass is 369 g/mol. The summed E-state index contributed by atoms with van der Waals surface area (Å²) in [5, 5.41) is 6.37. The molecule has 0 bridgehead atoms. The molecule has 1 aromatic heterocycles. The highest BCUT2D eigenvalue weighted by Crippen LogP contribution is 2.20. The molecule has 116 valence electrons. The SMILES string of the molecule is CNC(=O)[C@H](C)OC(=O)c1nn(-c2ccccc2F)cc1Br. The predicted molar refractivity (Wildman–Crippen MR) is 80.2 cm³/mol. The smallest absolute Gasteiger partial charge is 0.360 e. The van der Waals surface area contributed by atoms with E-state index in [1.807, 2.05) is 0 Å². The quantitative estimate of drug-likeness (QED) is 0.837. The molecule has 1 N–H and O–H groups in total. The number of nitrogens with one attached hydrogen (secondary N) is 1. The second-order valence-corrected chi connectivity index (χ2v) is 5.24. The van der Waals surface area contributed by atoms with E-state index in [1.165, 1.54) is 37.0 Å². The molecule has 6 nitrogen and oxygen atoms in total. The summed E-state index contributed by atoms with van der Waals surface area (Å²) in [5.74, 6) is -1.69. The number of ether oxygens (including phenoxy) is 1. The highest BCUT2D eigenvalue weighted by Gasteiger charge is 2.23. The van der Waals surface area contributed by atoms with Crippen molar-refractivity contribution in [2.24, 2.45) is 0 Å². The number of carbonyl (C=O) groups is 2. The number of hydrogen-bond acceptors (Lipinski definition) is 4. The van der Waals surface area contributed by atoms with Gasteiger partial charge in [0.2, 0.25) is 0 Å². The molecule has 2 rings (SSSR count). The van der Waals surface area contributed by atoms with Gasteiger partial charge in [-0.25, -0.2) is 13.9 Å². The Balaban J connectivity index is 2.25. The first-order valence-electron chi connectivity index (χ1n) is 6.36. The predicted octanol–water partition coefficient (Wildman–Crippen LogP) is 2.07. The van der Waals surface area contributed by atoms with Crippen LogP contribution in [0.15, 0.2) is 34.9 Å². The average molecular weight is 370 g/mol. The number of esters is 1. The molecule has 0 saturated carbocycles. The average Bonchev–Trinajstić information content (AvgIpc) is 2.88. The van der Waals surface area contributed by atoms with E-state index in [9.17, 15) is 14.0 Å². The van der Waals surface area contributed by atoms with Crippen molar-refractivity contribution in [3.63, 3.8) is 0 Å². The summed E-state index contributed by atoms with van der Waals surface area (Å²) in [6, 6.07) is 6.02. The number of likely N-dealkylation sites (N-methyl/N-ethyl adjacent to an activating group) is 1. The van der Waals surface area contributed by atoms with Gasteiger partial charge in [0.25, 0.3) is 5.91 Å². The molecule has 0 unspecified atom stereocenters. The van der Waals surface area contributed by atoms with Gasteiger partial charge in [0.05, 0.1) is 4.47 Å². The van der Waals surface area contributed by atoms with Gasteiger partial charge in [0, 0.05) is 13.2 Å². The molecule has 0 spiro atoms. The largest absolute Gasteiger partial charge is 0.448 e. The van der Waals surface area contributed by atoms with Gasteiger partial charge in [0.15, 0.2) is 11.8 Å². The normalized spacial score (nSPS) is 11.8. The molecule has 1 atom stereocenters. The number of hydrogen-bond donors (Lipinski definition) is 1. The van der Waals surface area contributed by atoms with Gasteiger partial charge in [-0.05, 0) is 35.0 Å². The highest BCUT2D eigenvalue weighted by molar-refractivity contribution is 9.10. The lowest BCUT2D eigenvalue weighted by atomic mass is 10.3. The van der Waals surface area contributed by atoms with Crippen molar-refractivity contribution in [3.8, 4) is 5.69 Å². The van der Waals surface area contributed by atoms with Gasteiger partial charge in [0.1, 0.15) is 11.5 Å². The number of aromatic nitrogens is 2. The van der Waals surface area contributed by atoms with Crippen molar-refractivity contribution in [2.75, 3.05) is 7.05 Å². The first-order chi connectivity index (χ1) is 10.4. The van der Waals surface area contributed by atoms with Crippen LogP contribution >= 0.6 is 15.9 Å². The molecular formula is C14H13BrFN3O3. The first-order valence-corrected chi connectivity index (χ1v) is 7.16. The van der Waals surface area contributed by atoms with Gasteiger partial charge in [-0.3, -0.25) is 4.79 Å². The number of nitrogens with zero attached hydrogens (tertiary/aromatic N) is 2. The molecule has 1 heterocycles. The van der Waals surface area contributed by atoms with Crippen molar-refractivity contribution in [2.45, 2.75) is 13.0 Å². The third-order valence-corrected chi connectivity index (χ3v) is 3.44. The molecule has 0 aliphatic rings. The third-order valence-electron chi connectivity index (χ3n) is 2.86. The molecule has 0 radical (unpaired) electrons. The Morgan fingerprint density at radius 3 is 2.73 bits per heavy atom. The Labute approximate surface area is 134 Å². The highest BCUT2D eigenvalue weighted by atomic mass is 79.9. The standard InChI is InChI=1S/C14H13BrFN3O3/c1-8(13(20)17-2)22-14(21)12-9(15)7-19(18-12)11-6-4-3-5-10(11)16/h3-8H,1-2H3,(H,17,20)/t8-/m0/s1. The van der Waals surface area contributed by atoms with E-state index in [4.69, 9.17) is 4.74 Å². The fraction of sp³-hybridized carbons (Fsp3) is 0.214. The molecule has 2 aromatic rings. The number of para-hydroxylation sites is 1. The maximum absolute atomic E-state index is 13.7. The fourth-order valence-electron chi connectivity index (χ4n) is 1.73. The van der Waals surface area contributed by atoms with E-state index in [0.29, 0.717) is 4.47 Å². The summed E-state index contributed by atoms with van der Waals surface area (Å²) in [4.78, 5) is 23.4. The molecule has 1 aromatic carbocycles. The van der Waals surface area contributed by atoms with Crippen molar-refractivity contribution in [1.82, 2.24) is 15.1 Å². The zero-order chi connectivity index (χ0) is 16.3. The van der Waals surface area contributed by atoms with Crippen LogP contribution in [0.5, 0.6) is 0 Å². The number of carbonyl (C=O) groups excluding carboxylic acids is 2. The summed E-state index contributed by atoms with van der Waals surface area (Å²) in [6.07, 6.45) is 0.488. The number of amides is 1. The molecular weight excluding hydrogens is 357 g/mol. The minimum Gasteiger partial charge on any atom is -0.448 e. The number of halogens is 2. The van der Waals surface area contributed by atoms with Crippen molar-refractivity contribution in [1.29, 1.82) is 0 Å². The van der Waals surface area contributed by atoms with Crippen molar-refractivity contribution in [3.05, 3.63) is 46.4 Å². The van der Waals surface area contributed by atoms with E-state index in [-0.39, 0.29) is 11.4 Å². The molecule has 0 fully saturated rings. The molecule has 0 aliphatic heterocycles. The second kappa shape index (κ2) is 6.69. The topological polar surface area (TPSA) is 73.2 Å². The molecule has 0 saturated heterocycles. The Morgan fingerprint density at radius 1 is 1.41 bits per heavy atom. The zero-order valence-corrected chi connectivity index (χ0v) is 13.4.